The first kappa shape index (κ1) is 24.4. The van der Waals surface area contributed by atoms with Crippen molar-refractivity contribution >= 4 is 28.5 Å². The highest BCUT2D eigenvalue weighted by atomic mass is 35.5. The lowest BCUT2D eigenvalue weighted by atomic mass is 10.0. The van der Waals surface area contributed by atoms with Gasteiger partial charge in [-0.1, -0.05) is 23.7 Å². The van der Waals surface area contributed by atoms with Gasteiger partial charge in [0.05, 0.1) is 24.0 Å². The molecule has 0 spiro atoms. The first-order chi connectivity index (χ1) is 17.6. The van der Waals surface area contributed by atoms with Crippen molar-refractivity contribution in [1.29, 1.82) is 0 Å². The molecule has 1 aliphatic rings. The van der Waals surface area contributed by atoms with Gasteiger partial charge in [0.1, 0.15) is 29.4 Å². The van der Waals surface area contributed by atoms with Crippen LogP contribution >= 0.6 is 11.6 Å². The minimum Gasteiger partial charge on any atom is -0.497 e. The Bertz CT molecular complexity index is 1280. The zero-order valence-electron chi connectivity index (χ0n) is 20.3. The first-order valence-corrected chi connectivity index (χ1v) is 12.6. The topological polar surface area (TPSA) is 101 Å². The Balaban J connectivity index is 1.25. The lowest BCUT2D eigenvalue weighted by Crippen LogP contribution is -2.38. The number of ether oxygens (including phenoxy) is 2. The third-order valence-corrected chi connectivity index (χ3v) is 6.78. The number of nitrogens with zero attached hydrogens (tertiary/aromatic N) is 3. The van der Waals surface area contributed by atoms with Gasteiger partial charge in [0, 0.05) is 37.8 Å². The first-order valence-electron chi connectivity index (χ1n) is 12.2. The molecule has 0 radical (unpaired) electrons. The van der Waals surface area contributed by atoms with E-state index in [0.717, 1.165) is 66.6 Å². The minimum atomic E-state index is 0.325. The van der Waals surface area contributed by atoms with E-state index in [1.165, 1.54) is 5.56 Å². The average Bonchev–Trinajstić information content (AvgIpc) is 3.35. The van der Waals surface area contributed by atoms with Crippen molar-refractivity contribution in [3.63, 3.8) is 0 Å². The van der Waals surface area contributed by atoms with E-state index in [2.05, 4.69) is 32.3 Å². The number of rotatable bonds is 9. The second-order valence-corrected chi connectivity index (χ2v) is 9.38. The number of aromatic amines is 1. The highest BCUT2D eigenvalue weighted by Crippen LogP contribution is 2.32. The number of H-pyrrole nitrogens is 1. The van der Waals surface area contributed by atoms with Crippen LogP contribution in [0, 0.1) is 0 Å². The van der Waals surface area contributed by atoms with Crippen LogP contribution in [0.25, 0.3) is 22.6 Å². The van der Waals surface area contributed by atoms with Crippen molar-refractivity contribution < 1.29 is 9.47 Å². The van der Waals surface area contributed by atoms with Crippen LogP contribution in [-0.4, -0.2) is 59.2 Å². The molecule has 5 rings (SSSR count). The molecule has 2 aromatic carbocycles. The fourth-order valence-electron chi connectivity index (χ4n) is 4.53. The summed E-state index contributed by atoms with van der Waals surface area (Å²) in [7, 11) is 1.69. The van der Waals surface area contributed by atoms with E-state index in [1.807, 2.05) is 36.4 Å². The van der Waals surface area contributed by atoms with Crippen LogP contribution < -0.4 is 20.5 Å². The Morgan fingerprint density at radius 3 is 2.50 bits per heavy atom. The molecule has 9 heteroatoms. The van der Waals surface area contributed by atoms with Crippen molar-refractivity contribution in [3.8, 4) is 22.9 Å². The Labute approximate surface area is 215 Å². The molecule has 0 bridgehead atoms. The number of benzene rings is 2. The molecule has 1 saturated heterocycles. The lowest BCUT2D eigenvalue weighted by molar-refractivity contribution is 0.211. The molecule has 8 nitrogen and oxygen atoms in total. The Morgan fingerprint density at radius 1 is 1.08 bits per heavy atom. The SMILES string of the molecule is COc1ccc(CN2CCC(Nc3c(Cl)cnc4nc(-c5ccc(OCCN)cc5)[nH]c34)CC2)cc1. The highest BCUT2D eigenvalue weighted by molar-refractivity contribution is 6.34. The molecular formula is C27H31ClN6O2. The van der Waals surface area contributed by atoms with E-state index in [9.17, 15) is 0 Å². The number of piperidine rings is 1. The van der Waals surface area contributed by atoms with Crippen LogP contribution in [-0.2, 0) is 6.54 Å². The van der Waals surface area contributed by atoms with Crippen molar-refractivity contribution in [2.45, 2.75) is 25.4 Å². The summed E-state index contributed by atoms with van der Waals surface area (Å²) < 4.78 is 10.8. The van der Waals surface area contributed by atoms with E-state index in [0.29, 0.717) is 29.9 Å². The second-order valence-electron chi connectivity index (χ2n) is 8.97. The summed E-state index contributed by atoms with van der Waals surface area (Å²) in [5.74, 6) is 2.40. The molecule has 0 saturated carbocycles. The fourth-order valence-corrected chi connectivity index (χ4v) is 4.72. The van der Waals surface area contributed by atoms with Crippen LogP contribution in [0.4, 0.5) is 5.69 Å². The largest absolute Gasteiger partial charge is 0.497 e. The van der Waals surface area contributed by atoms with E-state index < -0.39 is 0 Å². The molecular weight excluding hydrogens is 476 g/mol. The molecule has 1 aliphatic heterocycles. The molecule has 0 amide bonds. The number of methoxy groups -OCH3 is 1. The van der Waals surface area contributed by atoms with E-state index in [1.54, 1.807) is 13.3 Å². The number of anilines is 1. The maximum atomic E-state index is 6.59. The molecule has 2 aromatic heterocycles. The van der Waals surface area contributed by atoms with Gasteiger partial charge < -0.3 is 25.5 Å². The van der Waals surface area contributed by atoms with Gasteiger partial charge in [0.2, 0.25) is 0 Å². The Kier molecular flexibility index (Phi) is 7.55. The Morgan fingerprint density at radius 2 is 1.81 bits per heavy atom. The zero-order chi connectivity index (χ0) is 24.9. The number of imidazole rings is 1. The number of fused-ring (bicyclic) bond motifs is 1. The normalized spacial score (nSPS) is 14.8. The van der Waals surface area contributed by atoms with E-state index in [4.69, 9.17) is 31.8 Å². The maximum Gasteiger partial charge on any atom is 0.180 e. The van der Waals surface area contributed by atoms with E-state index >= 15 is 0 Å². The zero-order valence-corrected chi connectivity index (χ0v) is 21.1. The number of hydrogen-bond acceptors (Lipinski definition) is 7. The lowest BCUT2D eigenvalue weighted by Gasteiger charge is -2.33. The minimum absolute atomic E-state index is 0.325. The molecule has 36 heavy (non-hydrogen) atoms. The standard InChI is InChI=1S/C27H31ClN6O2/c1-35-21-6-2-18(3-7-21)17-34-13-10-20(11-14-34)31-24-23(28)16-30-27-25(24)32-26(33-27)19-4-8-22(9-5-19)36-15-12-29/h2-9,16,20H,10-15,17,29H2,1H3,(H2,30,31,32,33). The summed E-state index contributed by atoms with van der Waals surface area (Å²) in [6.07, 6.45) is 3.72. The predicted molar refractivity (Wildman–Crippen MR) is 144 cm³/mol. The Hall–Kier alpha value is -3.33. The quantitative estimate of drug-likeness (QED) is 0.302. The van der Waals surface area contributed by atoms with Crippen molar-refractivity contribution in [2.24, 2.45) is 5.73 Å². The van der Waals surface area contributed by atoms with Crippen molar-refractivity contribution in [2.75, 3.05) is 38.7 Å². The van der Waals surface area contributed by atoms with Gasteiger partial charge >= 0.3 is 0 Å². The summed E-state index contributed by atoms with van der Waals surface area (Å²) in [5, 5.41) is 4.26. The van der Waals surface area contributed by atoms with Crippen LogP contribution in [0.2, 0.25) is 5.02 Å². The summed E-state index contributed by atoms with van der Waals surface area (Å²) in [5.41, 5.74) is 10.1. The molecule has 1 fully saturated rings. The second kappa shape index (κ2) is 11.2. The van der Waals surface area contributed by atoms with Crippen LogP contribution in [0.5, 0.6) is 11.5 Å². The smallest absolute Gasteiger partial charge is 0.180 e. The van der Waals surface area contributed by atoms with Gasteiger partial charge in [-0.15, -0.1) is 0 Å². The van der Waals surface area contributed by atoms with Gasteiger partial charge in [-0.25, -0.2) is 9.97 Å². The van der Waals surface area contributed by atoms with Gasteiger partial charge in [0.15, 0.2) is 5.65 Å². The van der Waals surface area contributed by atoms with Crippen LogP contribution in [0.15, 0.2) is 54.7 Å². The summed E-state index contributed by atoms with van der Waals surface area (Å²) in [6.45, 7) is 3.94. The molecule has 188 valence electrons. The fraction of sp³-hybridized carbons (Fsp3) is 0.333. The molecule has 4 N–H and O–H groups in total. The van der Waals surface area contributed by atoms with Crippen LogP contribution in [0.3, 0.4) is 0 Å². The van der Waals surface area contributed by atoms with Gasteiger partial charge in [-0.05, 0) is 54.8 Å². The van der Waals surface area contributed by atoms with Gasteiger partial charge in [-0.3, -0.25) is 4.90 Å². The predicted octanol–water partition coefficient (Wildman–Crippen LogP) is 4.70. The van der Waals surface area contributed by atoms with Gasteiger partial charge in [-0.2, -0.15) is 0 Å². The van der Waals surface area contributed by atoms with E-state index in [-0.39, 0.29) is 0 Å². The van der Waals surface area contributed by atoms with Gasteiger partial charge in [0.25, 0.3) is 0 Å². The van der Waals surface area contributed by atoms with Crippen molar-refractivity contribution in [1.82, 2.24) is 19.9 Å². The molecule has 0 aliphatic carbocycles. The van der Waals surface area contributed by atoms with Crippen LogP contribution in [0.1, 0.15) is 18.4 Å². The molecule has 0 atom stereocenters. The van der Waals surface area contributed by atoms with Crippen molar-refractivity contribution in [3.05, 3.63) is 65.3 Å². The third-order valence-electron chi connectivity index (χ3n) is 6.49. The molecule has 3 heterocycles. The number of pyridine rings is 1. The number of halogens is 1. The summed E-state index contributed by atoms with van der Waals surface area (Å²) in [6, 6.07) is 16.4. The maximum absolute atomic E-state index is 6.59. The molecule has 4 aromatic rings. The summed E-state index contributed by atoms with van der Waals surface area (Å²) in [4.78, 5) is 15.0. The number of nitrogens with two attached hydrogens (primary N) is 1. The number of likely N-dealkylation sites (tertiary alicyclic amines) is 1. The number of nitrogens with one attached hydrogen (secondary N) is 2. The third kappa shape index (κ3) is 5.56. The monoisotopic (exact) mass is 506 g/mol. The highest BCUT2D eigenvalue weighted by Gasteiger charge is 2.22. The molecule has 0 unspecified atom stereocenters. The average molecular weight is 507 g/mol. The number of hydrogen-bond donors (Lipinski definition) is 3. The number of aromatic nitrogens is 3. The summed E-state index contributed by atoms with van der Waals surface area (Å²) >= 11 is 6.59.